The molecule has 2 aliphatic rings. The van der Waals surface area contributed by atoms with E-state index in [2.05, 4.69) is 27.1 Å². The molecule has 3 atom stereocenters. The Morgan fingerprint density at radius 1 is 0.978 bits per heavy atom. The van der Waals surface area contributed by atoms with Crippen molar-refractivity contribution in [3.63, 3.8) is 0 Å². The summed E-state index contributed by atoms with van der Waals surface area (Å²) in [7, 11) is 1.47. The topological polar surface area (TPSA) is 194 Å². The molecule has 0 aliphatic carbocycles. The molecule has 2 fully saturated rings. The number of nitro benzene ring substituents is 1. The molecule has 2 aromatic carbocycles. The zero-order valence-corrected chi connectivity index (χ0v) is 27.1. The average molecular weight is 661 g/mol. The van der Waals surface area contributed by atoms with Gasteiger partial charge in [0.15, 0.2) is 5.75 Å². The zero-order chi connectivity index (χ0) is 33.3. The number of hydrogen-bond donors (Lipinski definition) is 2. The number of nitrogens with one attached hydrogen (secondary N) is 1. The predicted octanol–water partition coefficient (Wildman–Crippen LogP) is 3.29. The van der Waals surface area contributed by atoms with Gasteiger partial charge in [-0.2, -0.15) is 5.43 Å². The highest BCUT2D eigenvalue weighted by Gasteiger charge is 2.47. The number of piperidine rings is 2. The third kappa shape index (κ3) is 9.89. The molecule has 0 bridgehead atoms. The third-order valence-electron chi connectivity index (χ3n) is 8.47. The van der Waals surface area contributed by atoms with Crippen LogP contribution in [-0.4, -0.2) is 78.5 Å². The quantitative estimate of drug-likeness (QED) is 0.146. The number of likely N-dealkylation sites (tertiary alicyclic amines) is 2. The molecule has 1 unspecified atom stereocenters. The maximum absolute atomic E-state index is 13.4. The second-order valence-electron chi connectivity index (χ2n) is 11.9. The Hall–Kier alpha value is -3.72. The van der Waals surface area contributed by atoms with Gasteiger partial charge in [-0.25, -0.2) is 19.4 Å². The van der Waals surface area contributed by atoms with Crippen LogP contribution in [0.5, 0.6) is 17.2 Å². The number of nitro groups is 1. The van der Waals surface area contributed by atoms with Crippen LogP contribution in [0.25, 0.3) is 0 Å². The van der Waals surface area contributed by atoms with E-state index in [1.54, 1.807) is 12.1 Å². The molecule has 0 radical (unpaired) electrons. The molecule has 2 aliphatic heterocycles. The van der Waals surface area contributed by atoms with Crippen LogP contribution in [0.4, 0.5) is 5.69 Å². The molecule has 3 N–H and O–H groups in total. The van der Waals surface area contributed by atoms with Gasteiger partial charge in [-0.15, -0.1) is 0 Å². The van der Waals surface area contributed by atoms with Gasteiger partial charge < -0.3 is 25.2 Å². The molecule has 2 heterocycles. The van der Waals surface area contributed by atoms with Gasteiger partial charge >= 0.3 is 20.1 Å². The van der Waals surface area contributed by atoms with E-state index in [0.717, 1.165) is 51.9 Å². The average Bonchev–Trinajstić information content (AvgIpc) is 3.04. The van der Waals surface area contributed by atoms with E-state index < -0.39 is 36.6 Å². The van der Waals surface area contributed by atoms with Crippen LogP contribution in [-0.2, 0) is 19.4 Å². The number of rotatable bonds is 12. The van der Waals surface area contributed by atoms with E-state index >= 15 is 0 Å². The Labute approximate surface area is 268 Å². The highest BCUT2D eigenvalue weighted by molar-refractivity contribution is 7.33. The second-order valence-corrected chi connectivity index (χ2v) is 12.8. The minimum Gasteiger partial charge on any atom is -0.574 e. The lowest BCUT2D eigenvalue weighted by molar-refractivity contribution is -0.384. The number of hydrogen-bond acceptors (Lipinski definition) is 13. The monoisotopic (exact) mass is 660 g/mol. The first-order valence-electron chi connectivity index (χ1n) is 15.2. The van der Waals surface area contributed by atoms with Gasteiger partial charge in [0.25, 0.3) is 5.69 Å². The first-order valence-corrected chi connectivity index (χ1v) is 16.3. The lowest BCUT2D eigenvalue weighted by Crippen LogP contribution is -2.59. The fourth-order valence-electron chi connectivity index (χ4n) is 5.55. The highest BCUT2D eigenvalue weighted by Crippen LogP contribution is 2.36. The van der Waals surface area contributed by atoms with Crippen molar-refractivity contribution in [3.8, 4) is 17.2 Å². The Morgan fingerprint density at radius 2 is 1.50 bits per heavy atom. The van der Waals surface area contributed by atoms with Crippen LogP contribution < -0.4 is 25.3 Å². The molecule has 0 aromatic heterocycles. The normalized spacial score (nSPS) is 19.1. The molecule has 0 spiro atoms. The van der Waals surface area contributed by atoms with Crippen molar-refractivity contribution >= 4 is 25.8 Å². The van der Waals surface area contributed by atoms with Crippen molar-refractivity contribution in [2.45, 2.75) is 50.6 Å². The summed E-state index contributed by atoms with van der Waals surface area (Å²) in [5.74, 6) is -0.534. The summed E-state index contributed by atoms with van der Waals surface area (Å²) in [6, 6.07) is 10.6. The van der Waals surface area contributed by atoms with Crippen LogP contribution in [0.1, 0.15) is 39.0 Å². The van der Waals surface area contributed by atoms with E-state index in [-0.39, 0.29) is 23.3 Å². The number of ether oxygens (including phenoxy) is 1. The smallest absolute Gasteiger partial charge is 0.412 e. The van der Waals surface area contributed by atoms with E-state index in [0.29, 0.717) is 17.9 Å². The van der Waals surface area contributed by atoms with Crippen molar-refractivity contribution in [1.82, 2.24) is 15.2 Å². The van der Waals surface area contributed by atoms with Gasteiger partial charge in [0.2, 0.25) is 0 Å². The minimum atomic E-state index is -2.63. The highest BCUT2D eigenvalue weighted by atomic mass is 31.1. The summed E-state index contributed by atoms with van der Waals surface area (Å²) in [5.41, 5.74) is 7.86. The third-order valence-corrected chi connectivity index (χ3v) is 9.11. The van der Waals surface area contributed by atoms with Gasteiger partial charge in [0.05, 0.1) is 4.92 Å². The van der Waals surface area contributed by atoms with Crippen molar-refractivity contribution in [3.05, 3.63) is 58.6 Å². The lowest BCUT2D eigenvalue weighted by Gasteiger charge is -2.42. The summed E-state index contributed by atoms with van der Waals surface area (Å²) in [4.78, 5) is 66.6. The van der Waals surface area contributed by atoms with E-state index in [1.165, 1.54) is 43.3 Å². The lowest BCUT2D eigenvalue weighted by atomic mass is 9.72. The Bertz CT molecular complexity index is 1360. The number of non-ortho nitro benzene ring substituents is 1. The van der Waals surface area contributed by atoms with Crippen molar-refractivity contribution in [2.24, 2.45) is 22.4 Å². The molecule has 0 amide bonds. The van der Waals surface area contributed by atoms with E-state index in [1.807, 2.05) is 7.05 Å². The van der Waals surface area contributed by atoms with Crippen LogP contribution >= 0.6 is 8.17 Å². The molecular weight excluding hydrogens is 619 g/mol. The van der Waals surface area contributed by atoms with Gasteiger partial charge in [0, 0.05) is 17.0 Å². The van der Waals surface area contributed by atoms with E-state index in [9.17, 15) is 24.6 Å². The van der Waals surface area contributed by atoms with Crippen LogP contribution in [0.3, 0.4) is 0 Å². The zero-order valence-electron chi connectivity index (χ0n) is 26.2. The van der Waals surface area contributed by atoms with Gasteiger partial charge in [0.1, 0.15) is 23.1 Å². The number of nitrogens with two attached hydrogens (primary N) is 1. The predicted molar refractivity (Wildman–Crippen MR) is 166 cm³/mol. The summed E-state index contributed by atoms with van der Waals surface area (Å²) >= 11 is 0. The molecular formula is C30H41N6O9P. The van der Waals surface area contributed by atoms with Gasteiger partial charge in [-0.3, -0.25) is 14.6 Å². The number of carbonyl (C=O) groups excluding carboxylic acids is 2. The number of carbonyl (C=O) groups is 2. The summed E-state index contributed by atoms with van der Waals surface area (Å²) < 4.78 is 10.9. The minimum absolute atomic E-state index is 0.0557. The fourth-order valence-corrected chi connectivity index (χ4v) is 6.16. The van der Waals surface area contributed by atoms with Gasteiger partial charge in [-0.05, 0) is 128 Å². The molecule has 4 rings (SSSR count). The maximum Gasteiger partial charge on any atom is 0.412 e. The first kappa shape index (κ1) is 35.1. The standard InChI is InChI=1S/C30H41N6O9P/c1-21(32-33-46(41)45-27-10-8-26(9-11-27)42-25-6-4-24(5-7-25)36(39)40)28(37)43-44-29(38)30(31,23-14-18-35(3)19-15-23)20-22-12-16-34(2)17-13-22/h4-11,21-23,32H,12-20,31H2,1-3H3/t21-,30-/m0/s1. The van der Waals surface area contributed by atoms with Gasteiger partial charge in [-0.1, -0.05) is 0 Å². The fraction of sp³-hybridized carbons (Fsp3) is 0.533. The number of nitrogens with zero attached hydrogens (tertiary/aromatic N) is 4. The maximum atomic E-state index is 13.4. The summed E-state index contributed by atoms with van der Waals surface area (Å²) in [5, 5.41) is 10.8. The van der Waals surface area contributed by atoms with Crippen LogP contribution in [0.15, 0.2) is 53.4 Å². The molecule has 16 heteroatoms. The second kappa shape index (κ2) is 16.2. The Morgan fingerprint density at radius 3 is 2.07 bits per heavy atom. The van der Waals surface area contributed by atoms with E-state index in [4.69, 9.17) is 24.8 Å². The SMILES string of the molecule is C[C@H](N/N=[P+](\[O-])Oc1ccc(Oc2ccc([N+](=O)[O-])cc2)cc1)C(=O)OOC(=O)[C@](N)(CC1CCN(C)CC1)C1CCN(C)CC1. The Kier molecular flexibility index (Phi) is 12.4. The summed E-state index contributed by atoms with van der Waals surface area (Å²) in [6.45, 7) is 4.89. The largest absolute Gasteiger partial charge is 0.574 e. The van der Waals surface area contributed by atoms with Crippen molar-refractivity contribution in [1.29, 1.82) is 0 Å². The molecule has 2 saturated heterocycles. The number of benzene rings is 2. The molecule has 2 aromatic rings. The van der Waals surface area contributed by atoms with Crippen molar-refractivity contribution < 1.29 is 38.4 Å². The summed E-state index contributed by atoms with van der Waals surface area (Å²) in [6.07, 6.45) is 3.79. The van der Waals surface area contributed by atoms with Crippen molar-refractivity contribution in [2.75, 3.05) is 40.3 Å². The molecule has 15 nitrogen and oxygen atoms in total. The first-order chi connectivity index (χ1) is 21.9. The van der Waals surface area contributed by atoms with Crippen LogP contribution in [0.2, 0.25) is 0 Å². The Balaban J connectivity index is 1.26. The molecule has 46 heavy (non-hydrogen) atoms. The molecule has 250 valence electrons. The molecule has 0 saturated carbocycles. The van der Waals surface area contributed by atoms with Crippen LogP contribution in [0, 0.1) is 22.0 Å².